The second-order valence-electron chi connectivity index (χ2n) is 5.23. The summed E-state index contributed by atoms with van der Waals surface area (Å²) < 4.78 is 0. The predicted octanol–water partition coefficient (Wildman–Crippen LogP) is 2.70. The Hall–Kier alpha value is -0.840. The Morgan fingerprint density at radius 2 is 2.00 bits per heavy atom. The molecule has 1 saturated heterocycles. The van der Waals surface area contributed by atoms with Gasteiger partial charge in [0.1, 0.15) is 0 Å². The summed E-state index contributed by atoms with van der Waals surface area (Å²) in [6, 6.07) is 3.76. The third-order valence-corrected chi connectivity index (χ3v) is 3.74. The van der Waals surface area contributed by atoms with Crippen LogP contribution in [0.3, 0.4) is 0 Å². The van der Waals surface area contributed by atoms with Gasteiger partial charge in [0.05, 0.1) is 5.56 Å². The number of carbonyl (C=O) groups is 1. The van der Waals surface area contributed by atoms with E-state index in [1.54, 1.807) is 6.20 Å². The van der Waals surface area contributed by atoms with E-state index in [0.717, 1.165) is 44.7 Å². The van der Waals surface area contributed by atoms with Crippen LogP contribution in [0.15, 0.2) is 18.3 Å². The summed E-state index contributed by atoms with van der Waals surface area (Å²) in [6.45, 7) is 7.88. The van der Waals surface area contributed by atoms with Crippen molar-refractivity contribution in [1.29, 1.82) is 0 Å². The number of hydrogen-bond donors (Lipinski definition) is 1. The number of hydrogen-bond acceptors (Lipinski definition) is 3. The van der Waals surface area contributed by atoms with Crippen LogP contribution in [0.5, 0.6) is 0 Å². The van der Waals surface area contributed by atoms with Crippen LogP contribution in [-0.4, -0.2) is 42.0 Å². The summed E-state index contributed by atoms with van der Waals surface area (Å²) in [5.74, 6) is 0.828. The number of pyridine rings is 1. The number of carbonyl (C=O) groups excluding carboxylic acids is 1. The maximum atomic E-state index is 12.3. The van der Waals surface area contributed by atoms with E-state index in [9.17, 15) is 4.79 Å². The average Bonchev–Trinajstić information content (AvgIpc) is 2.46. The van der Waals surface area contributed by atoms with Gasteiger partial charge in [-0.15, -0.1) is 24.8 Å². The molecule has 1 fully saturated rings. The van der Waals surface area contributed by atoms with Crippen LogP contribution in [0, 0.1) is 12.8 Å². The Kier molecular flexibility index (Phi) is 9.58. The molecule has 6 heteroatoms. The standard InChI is InChI=1S/C15H23N3O.2ClH/c1-3-16-10-13-6-8-18(9-7-13)15(19)14-5-4-12(2)17-11-14;;/h4-5,11,13,16H,3,6-10H2,1-2H3;2*1H. The lowest BCUT2D eigenvalue weighted by Gasteiger charge is -2.32. The molecule has 1 aliphatic heterocycles. The van der Waals surface area contributed by atoms with Crippen LogP contribution in [0.2, 0.25) is 0 Å². The summed E-state index contributed by atoms with van der Waals surface area (Å²) >= 11 is 0. The van der Waals surface area contributed by atoms with Crippen molar-refractivity contribution < 1.29 is 4.79 Å². The molecule has 0 unspecified atom stereocenters. The van der Waals surface area contributed by atoms with E-state index in [1.807, 2.05) is 24.0 Å². The molecule has 2 rings (SSSR count). The minimum Gasteiger partial charge on any atom is -0.339 e. The van der Waals surface area contributed by atoms with Crippen LogP contribution >= 0.6 is 24.8 Å². The highest BCUT2D eigenvalue weighted by Crippen LogP contribution is 2.18. The molecule has 120 valence electrons. The number of halogens is 2. The zero-order chi connectivity index (χ0) is 13.7. The molecule has 0 atom stereocenters. The predicted molar refractivity (Wildman–Crippen MR) is 90.6 cm³/mol. The number of likely N-dealkylation sites (tertiary alicyclic amines) is 1. The summed E-state index contributed by atoms with van der Waals surface area (Å²) in [5, 5.41) is 3.39. The third kappa shape index (κ3) is 5.81. The normalized spacial score (nSPS) is 15.0. The van der Waals surface area contributed by atoms with Crippen LogP contribution in [-0.2, 0) is 0 Å². The van der Waals surface area contributed by atoms with Gasteiger partial charge in [-0.2, -0.15) is 0 Å². The van der Waals surface area contributed by atoms with Crippen LogP contribution < -0.4 is 5.32 Å². The lowest BCUT2D eigenvalue weighted by molar-refractivity contribution is 0.0690. The van der Waals surface area contributed by atoms with Crippen molar-refractivity contribution in [2.45, 2.75) is 26.7 Å². The molecule has 1 aliphatic rings. The van der Waals surface area contributed by atoms with Crippen molar-refractivity contribution in [1.82, 2.24) is 15.2 Å². The van der Waals surface area contributed by atoms with Crippen molar-refractivity contribution in [2.75, 3.05) is 26.2 Å². The minimum absolute atomic E-state index is 0. The fraction of sp³-hybridized carbons (Fsp3) is 0.600. The Bertz CT molecular complexity index is 417. The molecule has 0 saturated carbocycles. The minimum atomic E-state index is 0. The van der Waals surface area contributed by atoms with Crippen molar-refractivity contribution in [2.24, 2.45) is 5.92 Å². The van der Waals surface area contributed by atoms with Crippen molar-refractivity contribution in [3.63, 3.8) is 0 Å². The fourth-order valence-corrected chi connectivity index (χ4v) is 2.47. The lowest BCUT2D eigenvalue weighted by Crippen LogP contribution is -2.40. The topological polar surface area (TPSA) is 45.2 Å². The molecule has 0 aromatic carbocycles. The molecule has 1 aromatic rings. The second-order valence-corrected chi connectivity index (χ2v) is 5.23. The summed E-state index contributed by atoms with van der Waals surface area (Å²) in [6.07, 6.45) is 3.87. The third-order valence-electron chi connectivity index (χ3n) is 3.74. The number of aryl methyl sites for hydroxylation is 1. The van der Waals surface area contributed by atoms with Gasteiger partial charge in [-0.05, 0) is 50.9 Å². The SMILES string of the molecule is CCNCC1CCN(C(=O)c2ccc(C)nc2)CC1.Cl.Cl. The zero-order valence-corrected chi connectivity index (χ0v) is 14.3. The van der Waals surface area contributed by atoms with Crippen molar-refractivity contribution in [3.05, 3.63) is 29.6 Å². The number of nitrogens with zero attached hydrogens (tertiary/aromatic N) is 2. The Balaban J connectivity index is 0.00000200. The molecule has 21 heavy (non-hydrogen) atoms. The van der Waals surface area contributed by atoms with E-state index in [1.165, 1.54) is 0 Å². The van der Waals surface area contributed by atoms with Gasteiger partial charge < -0.3 is 10.2 Å². The first-order valence-electron chi connectivity index (χ1n) is 7.13. The van der Waals surface area contributed by atoms with E-state index in [-0.39, 0.29) is 30.7 Å². The van der Waals surface area contributed by atoms with Gasteiger partial charge in [0, 0.05) is 25.0 Å². The lowest BCUT2D eigenvalue weighted by atomic mass is 9.96. The first kappa shape index (κ1) is 20.2. The van der Waals surface area contributed by atoms with Gasteiger partial charge in [0.2, 0.25) is 0 Å². The van der Waals surface area contributed by atoms with Crippen molar-refractivity contribution >= 4 is 30.7 Å². The molecular weight excluding hydrogens is 309 g/mol. The molecule has 1 N–H and O–H groups in total. The number of amides is 1. The van der Waals surface area contributed by atoms with Crippen molar-refractivity contribution in [3.8, 4) is 0 Å². The van der Waals surface area contributed by atoms with Gasteiger partial charge in [0.15, 0.2) is 0 Å². The van der Waals surface area contributed by atoms with E-state index in [2.05, 4.69) is 17.2 Å². The zero-order valence-electron chi connectivity index (χ0n) is 12.7. The highest BCUT2D eigenvalue weighted by Gasteiger charge is 2.23. The summed E-state index contributed by atoms with van der Waals surface area (Å²) in [5.41, 5.74) is 1.65. The van der Waals surface area contributed by atoms with E-state index >= 15 is 0 Å². The molecule has 0 aliphatic carbocycles. The molecule has 0 bridgehead atoms. The Morgan fingerprint density at radius 1 is 1.33 bits per heavy atom. The van der Waals surface area contributed by atoms with E-state index in [4.69, 9.17) is 0 Å². The van der Waals surface area contributed by atoms with Crippen LogP contribution in [0.1, 0.15) is 35.8 Å². The number of aromatic nitrogens is 1. The second kappa shape index (κ2) is 9.98. The average molecular weight is 334 g/mol. The Morgan fingerprint density at radius 3 is 2.52 bits per heavy atom. The molecular formula is C15H25Cl2N3O. The van der Waals surface area contributed by atoms with Gasteiger partial charge >= 0.3 is 0 Å². The maximum Gasteiger partial charge on any atom is 0.255 e. The number of rotatable bonds is 4. The Labute approximate surface area is 139 Å². The molecule has 1 aromatic heterocycles. The maximum absolute atomic E-state index is 12.3. The molecule has 1 amide bonds. The van der Waals surface area contributed by atoms with Crippen LogP contribution in [0.25, 0.3) is 0 Å². The monoisotopic (exact) mass is 333 g/mol. The summed E-state index contributed by atoms with van der Waals surface area (Å²) in [7, 11) is 0. The largest absolute Gasteiger partial charge is 0.339 e. The van der Waals surface area contributed by atoms with Gasteiger partial charge in [-0.3, -0.25) is 9.78 Å². The first-order valence-corrected chi connectivity index (χ1v) is 7.13. The van der Waals surface area contributed by atoms with Gasteiger partial charge in [-0.25, -0.2) is 0 Å². The van der Waals surface area contributed by atoms with E-state index < -0.39 is 0 Å². The van der Waals surface area contributed by atoms with Crippen LogP contribution in [0.4, 0.5) is 0 Å². The number of piperidine rings is 1. The molecule has 4 nitrogen and oxygen atoms in total. The number of nitrogens with one attached hydrogen (secondary N) is 1. The smallest absolute Gasteiger partial charge is 0.255 e. The highest BCUT2D eigenvalue weighted by molar-refractivity contribution is 5.93. The summed E-state index contributed by atoms with van der Waals surface area (Å²) in [4.78, 5) is 18.4. The van der Waals surface area contributed by atoms with E-state index in [0.29, 0.717) is 11.5 Å². The fourth-order valence-electron chi connectivity index (χ4n) is 2.47. The molecule has 0 spiro atoms. The molecule has 0 radical (unpaired) electrons. The molecule has 2 heterocycles. The van der Waals surface area contributed by atoms with Gasteiger partial charge in [0.25, 0.3) is 5.91 Å². The quantitative estimate of drug-likeness (QED) is 0.921. The highest BCUT2D eigenvalue weighted by atomic mass is 35.5. The first-order chi connectivity index (χ1) is 9.20. The van der Waals surface area contributed by atoms with Gasteiger partial charge in [-0.1, -0.05) is 6.92 Å².